The van der Waals surface area contributed by atoms with Crippen molar-refractivity contribution in [2.24, 2.45) is 5.41 Å². The van der Waals surface area contributed by atoms with Crippen molar-refractivity contribution in [1.82, 2.24) is 5.32 Å². The molecule has 1 N–H and O–H groups in total. The van der Waals surface area contributed by atoms with E-state index in [2.05, 4.69) is 34.9 Å². The standard InChI is InChI=1S/C21H28B3F2NO2S/c22-21(23,24)29-14-4-6-19(7-5-14)11-13-2-3-15(28-9-1-8-25)10-16(13)20(19)12-17(26)18(30)27-20/h2-3,10,12,14H,1,4-9,11,22-24H2,(H,27,30)/t14-,19-,20?. The lowest BCUT2D eigenvalue weighted by Crippen LogP contribution is -2.53. The molecule has 1 atom stereocenters. The topological polar surface area (TPSA) is 30.5 Å². The highest BCUT2D eigenvalue weighted by atomic mass is 32.1. The molecule has 158 valence electrons. The van der Waals surface area contributed by atoms with Crippen molar-refractivity contribution in [3.05, 3.63) is 41.2 Å². The molecule has 1 fully saturated rings. The van der Waals surface area contributed by atoms with Crippen molar-refractivity contribution in [3.63, 3.8) is 0 Å². The van der Waals surface area contributed by atoms with Gasteiger partial charge in [-0.3, -0.25) is 4.39 Å². The first-order chi connectivity index (χ1) is 14.2. The van der Waals surface area contributed by atoms with Gasteiger partial charge in [0.25, 0.3) is 0 Å². The molecule has 9 heteroatoms. The molecule has 1 aromatic carbocycles. The molecule has 1 unspecified atom stereocenters. The van der Waals surface area contributed by atoms with Crippen LogP contribution in [0.2, 0.25) is 0 Å². The maximum absolute atomic E-state index is 14.7. The van der Waals surface area contributed by atoms with E-state index in [9.17, 15) is 8.78 Å². The molecular formula is C21H28B3F2NO2S. The largest absolute Gasteiger partial charge is 0.493 e. The number of halogens is 2. The lowest BCUT2D eigenvalue weighted by atomic mass is 9.52. The van der Waals surface area contributed by atoms with Gasteiger partial charge in [0.05, 0.1) is 24.9 Å². The molecule has 4 rings (SSSR count). The molecule has 1 aromatic rings. The Bertz CT molecular complexity index is 868. The van der Waals surface area contributed by atoms with E-state index in [0.29, 0.717) is 18.8 Å². The maximum Gasteiger partial charge on any atom is 0.156 e. The van der Waals surface area contributed by atoms with Gasteiger partial charge in [0.15, 0.2) is 5.83 Å². The third-order valence-electron chi connectivity index (χ3n) is 6.70. The SMILES string of the molecule is BC(B)(B)O[C@H]1CC[C@]2(CC1)Cc1ccc(OCCCF)cc1C21C=C(F)C(=S)N1. The summed E-state index contributed by atoms with van der Waals surface area (Å²) in [7, 11) is 6.26. The Hall–Kier alpha value is -1.34. The second kappa shape index (κ2) is 7.97. The van der Waals surface area contributed by atoms with Crippen LogP contribution < -0.4 is 10.1 Å². The minimum atomic E-state index is -0.657. The molecular weight excluding hydrogens is 401 g/mol. The van der Waals surface area contributed by atoms with Gasteiger partial charge in [-0.05, 0) is 66.7 Å². The molecule has 0 saturated heterocycles. The van der Waals surface area contributed by atoms with Crippen LogP contribution in [0.5, 0.6) is 5.75 Å². The molecule has 0 aromatic heterocycles. The van der Waals surface area contributed by atoms with E-state index in [0.717, 1.165) is 37.7 Å². The van der Waals surface area contributed by atoms with Gasteiger partial charge in [-0.1, -0.05) is 18.3 Å². The molecule has 1 heterocycles. The van der Waals surface area contributed by atoms with Gasteiger partial charge in [0.1, 0.15) is 34.3 Å². The fourth-order valence-electron chi connectivity index (χ4n) is 5.49. The summed E-state index contributed by atoms with van der Waals surface area (Å²) in [5, 5.41) is 3.19. The molecule has 30 heavy (non-hydrogen) atoms. The second-order valence-electron chi connectivity index (χ2n) is 9.85. The van der Waals surface area contributed by atoms with Gasteiger partial charge < -0.3 is 14.8 Å². The van der Waals surface area contributed by atoms with Crippen LogP contribution in [-0.4, -0.2) is 53.2 Å². The van der Waals surface area contributed by atoms with E-state index >= 15 is 0 Å². The Morgan fingerprint density at radius 3 is 2.57 bits per heavy atom. The lowest BCUT2D eigenvalue weighted by Gasteiger charge is -2.48. The Morgan fingerprint density at radius 1 is 1.23 bits per heavy atom. The summed E-state index contributed by atoms with van der Waals surface area (Å²) in [6.07, 6.45) is 6.88. The normalized spacial score (nSPS) is 30.4. The molecule has 1 saturated carbocycles. The van der Waals surface area contributed by atoms with E-state index in [4.69, 9.17) is 21.7 Å². The van der Waals surface area contributed by atoms with Gasteiger partial charge in [-0.25, -0.2) is 4.39 Å². The van der Waals surface area contributed by atoms with Crippen LogP contribution in [0.15, 0.2) is 30.1 Å². The molecule has 3 aliphatic rings. The van der Waals surface area contributed by atoms with Gasteiger partial charge in [-0.2, -0.15) is 0 Å². The number of alkyl halides is 1. The van der Waals surface area contributed by atoms with Crippen molar-refractivity contribution >= 4 is 40.7 Å². The first-order valence-electron chi connectivity index (χ1n) is 10.9. The minimum absolute atomic E-state index is 0.150. The third kappa shape index (κ3) is 3.84. The van der Waals surface area contributed by atoms with Gasteiger partial charge >= 0.3 is 0 Å². The highest BCUT2D eigenvalue weighted by molar-refractivity contribution is 7.80. The smallest absolute Gasteiger partial charge is 0.156 e. The third-order valence-corrected chi connectivity index (χ3v) is 7.00. The molecule has 2 spiro atoms. The van der Waals surface area contributed by atoms with Crippen LogP contribution in [0.1, 0.15) is 43.2 Å². The quantitative estimate of drug-likeness (QED) is 0.422. The summed E-state index contributed by atoms with van der Waals surface area (Å²) >= 11 is 5.29. The maximum atomic E-state index is 14.7. The van der Waals surface area contributed by atoms with Crippen molar-refractivity contribution in [3.8, 4) is 5.75 Å². The average molecular weight is 429 g/mol. The zero-order valence-electron chi connectivity index (χ0n) is 18.0. The predicted octanol–water partition coefficient (Wildman–Crippen LogP) is 1.42. The van der Waals surface area contributed by atoms with E-state index in [1.54, 1.807) is 6.08 Å². The Labute approximate surface area is 185 Å². The van der Waals surface area contributed by atoms with Gasteiger partial charge in [-0.15, -0.1) is 0 Å². The summed E-state index contributed by atoms with van der Waals surface area (Å²) in [5.74, 6) is 0.339. The number of hydrogen-bond donors (Lipinski definition) is 1. The van der Waals surface area contributed by atoms with Crippen LogP contribution in [-0.2, 0) is 16.7 Å². The van der Waals surface area contributed by atoms with Gasteiger partial charge in [0, 0.05) is 11.8 Å². The Balaban J connectivity index is 1.65. The summed E-state index contributed by atoms with van der Waals surface area (Å²) in [6.45, 7) is -0.0745. The highest BCUT2D eigenvalue weighted by Gasteiger charge is 2.60. The molecule has 3 nitrogen and oxygen atoms in total. The summed E-state index contributed by atoms with van der Waals surface area (Å²) in [4.78, 5) is 0.180. The fraction of sp³-hybridized carbons (Fsp3) is 0.571. The second-order valence-corrected chi connectivity index (χ2v) is 10.3. The molecule has 1 aliphatic heterocycles. The number of benzene rings is 1. The zero-order chi connectivity index (χ0) is 21.6. The van der Waals surface area contributed by atoms with E-state index in [1.165, 1.54) is 5.56 Å². The van der Waals surface area contributed by atoms with Crippen LogP contribution in [0.3, 0.4) is 0 Å². The average Bonchev–Trinajstić information content (AvgIpc) is 3.11. The van der Waals surface area contributed by atoms with E-state index in [1.807, 2.05) is 12.1 Å². The lowest BCUT2D eigenvalue weighted by molar-refractivity contribution is -0.0243. The Morgan fingerprint density at radius 2 is 1.97 bits per heavy atom. The molecule has 0 bridgehead atoms. The van der Waals surface area contributed by atoms with Gasteiger partial charge in [0.2, 0.25) is 0 Å². The molecule has 2 aliphatic carbocycles. The van der Waals surface area contributed by atoms with Crippen LogP contribution in [0.4, 0.5) is 8.78 Å². The first-order valence-corrected chi connectivity index (χ1v) is 11.3. The number of fused-ring (bicyclic) bond motifs is 3. The van der Waals surface area contributed by atoms with Crippen LogP contribution in [0, 0.1) is 5.41 Å². The number of thiocarbonyl (C=S) groups is 1. The van der Waals surface area contributed by atoms with Crippen molar-refractivity contribution in [2.45, 2.75) is 55.5 Å². The fourth-order valence-corrected chi connectivity index (χ4v) is 5.71. The summed E-state index contributed by atoms with van der Waals surface area (Å²) < 4.78 is 39.1. The van der Waals surface area contributed by atoms with Crippen LogP contribution >= 0.6 is 12.2 Å². The summed E-state index contributed by atoms with van der Waals surface area (Å²) in [6, 6.07) is 6.00. The zero-order valence-corrected chi connectivity index (χ0v) is 18.8. The van der Waals surface area contributed by atoms with Crippen LogP contribution in [0.25, 0.3) is 0 Å². The van der Waals surface area contributed by atoms with E-state index in [-0.39, 0.29) is 27.6 Å². The first kappa shape index (κ1) is 21.9. The van der Waals surface area contributed by atoms with Crippen molar-refractivity contribution in [2.75, 3.05) is 13.3 Å². The minimum Gasteiger partial charge on any atom is -0.493 e. The highest BCUT2D eigenvalue weighted by Crippen LogP contribution is 2.60. The predicted molar refractivity (Wildman–Crippen MR) is 127 cm³/mol. The number of rotatable bonds is 6. The van der Waals surface area contributed by atoms with E-state index < -0.39 is 12.2 Å². The number of nitrogens with one attached hydrogen (secondary N) is 1. The van der Waals surface area contributed by atoms with Crippen molar-refractivity contribution in [1.29, 1.82) is 0 Å². The molecule has 0 amide bonds. The number of ether oxygens (including phenoxy) is 2. The van der Waals surface area contributed by atoms with Crippen molar-refractivity contribution < 1.29 is 18.3 Å². The monoisotopic (exact) mass is 429 g/mol. The number of hydrogen-bond acceptors (Lipinski definition) is 3. The summed E-state index contributed by atoms with van der Waals surface area (Å²) in [5.41, 5.74) is 1.42. The molecule has 0 radical (unpaired) electrons. The Kier molecular flexibility index (Phi) is 5.82.